The summed E-state index contributed by atoms with van der Waals surface area (Å²) in [6.07, 6.45) is -1.13. The average molecular weight is 522 g/mol. The van der Waals surface area contributed by atoms with Gasteiger partial charge in [-0.3, -0.25) is 4.57 Å². The van der Waals surface area contributed by atoms with Gasteiger partial charge < -0.3 is 19.3 Å². The molecule has 38 heavy (non-hydrogen) atoms. The third kappa shape index (κ3) is 4.85. The molecule has 6 rings (SSSR count). The van der Waals surface area contributed by atoms with Gasteiger partial charge >= 0.3 is 0 Å². The van der Waals surface area contributed by atoms with Crippen molar-refractivity contribution in [3.05, 3.63) is 59.9 Å². The molecule has 0 spiro atoms. The first-order chi connectivity index (χ1) is 18.6. The number of rotatable bonds is 6. The van der Waals surface area contributed by atoms with Crippen LogP contribution in [0.2, 0.25) is 0 Å². The number of aryl methyl sites for hydroxylation is 1. The topological polar surface area (TPSA) is 81.4 Å². The molecule has 2 fully saturated rings. The van der Waals surface area contributed by atoms with Gasteiger partial charge in [-0.1, -0.05) is 30.3 Å². The van der Waals surface area contributed by atoms with E-state index in [4.69, 9.17) is 19.4 Å². The van der Waals surface area contributed by atoms with Gasteiger partial charge in [-0.05, 0) is 30.7 Å². The van der Waals surface area contributed by atoms with E-state index in [1.807, 2.05) is 36.1 Å². The Kier molecular flexibility index (Phi) is 6.75. The van der Waals surface area contributed by atoms with Crippen LogP contribution >= 0.6 is 0 Å². The number of fused-ring (bicyclic) bond motifs is 1. The molecule has 2 saturated heterocycles. The summed E-state index contributed by atoms with van der Waals surface area (Å²) in [6, 6.07) is 15.0. The molecule has 2 aromatic carbocycles. The molecule has 4 aromatic rings. The van der Waals surface area contributed by atoms with Gasteiger partial charge in [-0.15, -0.1) is 0 Å². The number of benzene rings is 2. The van der Waals surface area contributed by atoms with Crippen molar-refractivity contribution in [2.45, 2.75) is 32.3 Å². The van der Waals surface area contributed by atoms with Crippen molar-refractivity contribution in [2.24, 2.45) is 0 Å². The number of halogens is 2. The molecule has 9 nitrogen and oxygen atoms in total. The van der Waals surface area contributed by atoms with Crippen LogP contribution in [0.5, 0.6) is 5.75 Å². The number of alkyl halides is 2. The Morgan fingerprint density at radius 2 is 1.45 bits per heavy atom. The lowest BCUT2D eigenvalue weighted by Crippen LogP contribution is -2.41. The molecule has 2 aromatic heterocycles. The van der Waals surface area contributed by atoms with Crippen molar-refractivity contribution >= 4 is 22.9 Å². The predicted octanol–water partition coefficient (Wildman–Crippen LogP) is 4.34. The summed E-state index contributed by atoms with van der Waals surface area (Å²) in [7, 11) is 0. The summed E-state index contributed by atoms with van der Waals surface area (Å²) in [4.78, 5) is 22.4. The monoisotopic (exact) mass is 521 g/mol. The highest BCUT2D eigenvalue weighted by Gasteiger charge is 2.28. The maximum Gasteiger partial charge on any atom is 0.296 e. The lowest BCUT2D eigenvalue weighted by molar-refractivity contribution is 0.122. The first kappa shape index (κ1) is 24.5. The summed E-state index contributed by atoms with van der Waals surface area (Å²) in [5.41, 5.74) is 2.10. The summed E-state index contributed by atoms with van der Waals surface area (Å²) >= 11 is 0. The number of imidazole rings is 1. The number of aromatic nitrogens is 5. The van der Waals surface area contributed by atoms with E-state index >= 15 is 0 Å². The molecule has 2 aliphatic rings. The van der Waals surface area contributed by atoms with Gasteiger partial charge in [0.15, 0.2) is 5.82 Å². The van der Waals surface area contributed by atoms with Crippen LogP contribution in [0.1, 0.15) is 30.7 Å². The average Bonchev–Trinajstić information content (AvgIpc) is 3.35. The van der Waals surface area contributed by atoms with Crippen molar-refractivity contribution in [1.82, 2.24) is 24.5 Å². The second kappa shape index (κ2) is 10.5. The van der Waals surface area contributed by atoms with Gasteiger partial charge in [0.2, 0.25) is 17.8 Å². The Morgan fingerprint density at radius 3 is 2.16 bits per heavy atom. The Balaban J connectivity index is 1.33. The van der Waals surface area contributed by atoms with E-state index in [1.54, 1.807) is 24.3 Å². The standard InChI is InChI=1S/C27H29F2N7O2/c1-18-6-2-5-9-22(18)38-19-10-12-34(13-11-19)25-31-26(35-14-16-37-17-15-35)33-27(32-25)36-21-8-4-3-7-20(21)30-24(36)23(28)29/h2-9,19,23H,10-17H2,1H3. The van der Waals surface area contributed by atoms with Crippen molar-refractivity contribution in [2.75, 3.05) is 49.2 Å². The van der Waals surface area contributed by atoms with Gasteiger partial charge in [0.1, 0.15) is 11.9 Å². The van der Waals surface area contributed by atoms with Gasteiger partial charge in [0.25, 0.3) is 6.43 Å². The SMILES string of the molecule is Cc1ccccc1OC1CCN(c2nc(N3CCOCC3)nc(-n3c(C(F)F)nc4ccccc43)n2)CC1. The Bertz CT molecular complexity index is 1420. The fraction of sp³-hybridized carbons (Fsp3) is 0.407. The second-order valence-corrected chi connectivity index (χ2v) is 9.50. The first-order valence-electron chi connectivity index (χ1n) is 12.9. The van der Waals surface area contributed by atoms with Crippen molar-refractivity contribution in [1.29, 1.82) is 0 Å². The van der Waals surface area contributed by atoms with Gasteiger partial charge in [-0.25, -0.2) is 13.8 Å². The molecular weight excluding hydrogens is 492 g/mol. The zero-order chi connectivity index (χ0) is 26.1. The van der Waals surface area contributed by atoms with Crippen LogP contribution in [0.25, 0.3) is 17.0 Å². The number of para-hydroxylation sites is 3. The Morgan fingerprint density at radius 1 is 0.816 bits per heavy atom. The van der Waals surface area contributed by atoms with E-state index < -0.39 is 6.43 Å². The van der Waals surface area contributed by atoms with Crippen LogP contribution in [0.4, 0.5) is 20.7 Å². The minimum absolute atomic E-state index is 0.0791. The number of hydrogen-bond donors (Lipinski definition) is 0. The smallest absolute Gasteiger partial charge is 0.296 e. The maximum absolute atomic E-state index is 14.1. The number of morpholine rings is 1. The number of ether oxygens (including phenoxy) is 2. The summed E-state index contributed by atoms with van der Waals surface area (Å²) in [6.45, 7) is 5.72. The van der Waals surface area contributed by atoms with Crippen LogP contribution in [0.3, 0.4) is 0 Å². The lowest BCUT2D eigenvalue weighted by Gasteiger charge is -2.33. The molecule has 0 amide bonds. The van der Waals surface area contributed by atoms with Crippen LogP contribution in [0, 0.1) is 6.92 Å². The fourth-order valence-corrected chi connectivity index (χ4v) is 4.93. The van der Waals surface area contributed by atoms with E-state index in [-0.39, 0.29) is 17.9 Å². The normalized spacial score (nSPS) is 16.9. The molecular formula is C27H29F2N7O2. The largest absolute Gasteiger partial charge is 0.490 e. The van der Waals surface area contributed by atoms with Crippen LogP contribution in [-0.2, 0) is 4.74 Å². The molecule has 2 aliphatic heterocycles. The lowest BCUT2D eigenvalue weighted by atomic mass is 10.1. The fourth-order valence-electron chi connectivity index (χ4n) is 4.93. The van der Waals surface area contributed by atoms with Gasteiger partial charge in [0.05, 0.1) is 24.2 Å². The summed E-state index contributed by atoms with van der Waals surface area (Å²) in [5, 5.41) is 0. The number of piperidine rings is 1. The number of anilines is 2. The molecule has 0 atom stereocenters. The summed E-state index contributed by atoms with van der Waals surface area (Å²) < 4.78 is 41.3. The molecule has 0 radical (unpaired) electrons. The van der Waals surface area contributed by atoms with E-state index in [1.165, 1.54) is 4.57 Å². The Hall–Kier alpha value is -3.86. The van der Waals surface area contributed by atoms with E-state index in [0.29, 0.717) is 62.3 Å². The predicted molar refractivity (Wildman–Crippen MR) is 139 cm³/mol. The molecule has 0 unspecified atom stereocenters. The molecule has 198 valence electrons. The minimum atomic E-state index is -2.79. The number of nitrogens with zero attached hydrogens (tertiary/aromatic N) is 7. The first-order valence-corrected chi connectivity index (χ1v) is 12.9. The quantitative estimate of drug-likeness (QED) is 0.371. The molecule has 0 bridgehead atoms. The minimum Gasteiger partial charge on any atom is -0.490 e. The highest BCUT2D eigenvalue weighted by molar-refractivity contribution is 5.77. The van der Waals surface area contributed by atoms with Gasteiger partial charge in [0, 0.05) is 39.0 Å². The highest BCUT2D eigenvalue weighted by atomic mass is 19.3. The molecule has 0 aliphatic carbocycles. The Labute approximate surface area is 219 Å². The number of hydrogen-bond acceptors (Lipinski definition) is 8. The maximum atomic E-state index is 14.1. The summed E-state index contributed by atoms with van der Waals surface area (Å²) in [5.74, 6) is 1.56. The molecule has 4 heterocycles. The third-order valence-corrected chi connectivity index (χ3v) is 6.99. The van der Waals surface area contributed by atoms with Crippen molar-refractivity contribution in [3.63, 3.8) is 0 Å². The van der Waals surface area contributed by atoms with E-state index in [9.17, 15) is 8.78 Å². The van der Waals surface area contributed by atoms with Crippen LogP contribution in [-0.4, -0.2) is 70.0 Å². The second-order valence-electron chi connectivity index (χ2n) is 9.50. The third-order valence-electron chi connectivity index (χ3n) is 6.99. The zero-order valence-electron chi connectivity index (χ0n) is 21.1. The van der Waals surface area contributed by atoms with Crippen LogP contribution < -0.4 is 14.5 Å². The zero-order valence-corrected chi connectivity index (χ0v) is 21.1. The molecule has 0 saturated carbocycles. The van der Waals surface area contributed by atoms with Gasteiger partial charge in [-0.2, -0.15) is 15.0 Å². The van der Waals surface area contributed by atoms with E-state index in [0.717, 1.165) is 24.2 Å². The van der Waals surface area contributed by atoms with Crippen LogP contribution in [0.15, 0.2) is 48.5 Å². The van der Waals surface area contributed by atoms with Crippen molar-refractivity contribution < 1.29 is 18.3 Å². The molecule has 11 heteroatoms. The van der Waals surface area contributed by atoms with Crippen molar-refractivity contribution in [3.8, 4) is 11.7 Å². The van der Waals surface area contributed by atoms with E-state index in [2.05, 4.69) is 14.9 Å². The highest BCUT2D eigenvalue weighted by Crippen LogP contribution is 2.29. The molecule has 0 N–H and O–H groups in total.